The van der Waals surface area contributed by atoms with E-state index in [2.05, 4.69) is 25.9 Å². The molecule has 0 unspecified atom stereocenters. The van der Waals surface area contributed by atoms with Crippen molar-refractivity contribution in [2.45, 2.75) is 25.8 Å². The molecule has 3 rings (SSSR count). The molecular weight excluding hydrogens is 392 g/mol. The summed E-state index contributed by atoms with van der Waals surface area (Å²) in [6.07, 6.45) is 1.01. The number of imide groups is 1. The summed E-state index contributed by atoms with van der Waals surface area (Å²) < 4.78 is 0. The fraction of sp³-hybridized carbons (Fsp3) is 0.421. The predicted octanol–water partition coefficient (Wildman–Crippen LogP) is 0.512. The molecule has 2 aromatic rings. The quantitative estimate of drug-likeness (QED) is 0.279. The number of nitrogens with one attached hydrogen (secondary N) is 4. The first-order chi connectivity index (χ1) is 14.3. The Morgan fingerprint density at radius 3 is 2.80 bits per heavy atom. The first kappa shape index (κ1) is 21.1. The van der Waals surface area contributed by atoms with Gasteiger partial charge in [-0.25, -0.2) is 9.78 Å². The molecule has 2 atom stereocenters. The van der Waals surface area contributed by atoms with Gasteiger partial charge in [0.25, 0.3) is 5.91 Å². The third kappa shape index (κ3) is 5.04. The van der Waals surface area contributed by atoms with Crippen molar-refractivity contribution in [3.63, 3.8) is 0 Å². The van der Waals surface area contributed by atoms with Crippen LogP contribution >= 0.6 is 0 Å². The number of aromatic nitrogens is 2. The molecule has 1 aromatic heterocycles. The lowest BCUT2D eigenvalue weighted by molar-refractivity contribution is -0.141. The van der Waals surface area contributed by atoms with Gasteiger partial charge in [-0.3, -0.25) is 19.3 Å². The number of H-pyrrole nitrogens is 1. The van der Waals surface area contributed by atoms with Gasteiger partial charge in [-0.1, -0.05) is 19.1 Å². The van der Waals surface area contributed by atoms with Crippen LogP contribution in [0.4, 0.5) is 10.7 Å². The van der Waals surface area contributed by atoms with Gasteiger partial charge in [0.1, 0.15) is 12.6 Å². The summed E-state index contributed by atoms with van der Waals surface area (Å²) in [5.74, 6) is -2.22. The Morgan fingerprint density at radius 2 is 2.07 bits per heavy atom. The number of carboxylic acids is 1. The lowest BCUT2D eigenvalue weighted by Crippen LogP contribution is -2.42. The lowest BCUT2D eigenvalue weighted by Gasteiger charge is -2.14. The van der Waals surface area contributed by atoms with E-state index >= 15 is 0 Å². The maximum Gasteiger partial charge on any atom is 0.325 e. The van der Waals surface area contributed by atoms with E-state index in [0.29, 0.717) is 25.3 Å². The van der Waals surface area contributed by atoms with Crippen LogP contribution in [0.5, 0.6) is 0 Å². The Balaban J connectivity index is 1.41. The normalized spacial score (nSPS) is 17.1. The molecule has 4 amide bonds. The number of benzene rings is 1. The van der Waals surface area contributed by atoms with Crippen LogP contribution in [-0.2, 0) is 14.4 Å². The summed E-state index contributed by atoms with van der Waals surface area (Å²) in [7, 11) is 0. The summed E-state index contributed by atoms with van der Waals surface area (Å²) in [4.78, 5) is 55.5. The number of urea groups is 1. The molecule has 2 heterocycles. The molecule has 11 nitrogen and oxygen atoms in total. The molecular formula is C19H24N6O5. The smallest absolute Gasteiger partial charge is 0.325 e. The van der Waals surface area contributed by atoms with Crippen molar-refractivity contribution in [2.75, 3.05) is 25.0 Å². The molecule has 5 N–H and O–H groups in total. The molecule has 0 bridgehead atoms. The van der Waals surface area contributed by atoms with Crippen molar-refractivity contribution in [3.8, 4) is 0 Å². The van der Waals surface area contributed by atoms with Gasteiger partial charge in [0.15, 0.2) is 0 Å². The summed E-state index contributed by atoms with van der Waals surface area (Å²) in [5, 5.41) is 17.0. The number of rotatable bonds is 10. The van der Waals surface area contributed by atoms with E-state index in [0.717, 1.165) is 15.9 Å². The van der Waals surface area contributed by atoms with Crippen molar-refractivity contribution in [2.24, 2.45) is 5.92 Å². The predicted molar refractivity (Wildman–Crippen MR) is 108 cm³/mol. The van der Waals surface area contributed by atoms with Gasteiger partial charge in [-0.05, 0) is 25.0 Å². The minimum absolute atomic E-state index is 0.0747. The van der Waals surface area contributed by atoms with E-state index in [1.807, 2.05) is 24.3 Å². The fourth-order valence-electron chi connectivity index (χ4n) is 3.03. The summed E-state index contributed by atoms with van der Waals surface area (Å²) >= 11 is 0. The summed E-state index contributed by atoms with van der Waals surface area (Å²) in [6.45, 7) is 1.48. The third-order valence-electron chi connectivity index (χ3n) is 4.79. The molecule has 1 aliphatic rings. The maximum atomic E-state index is 12.4. The topological polar surface area (TPSA) is 157 Å². The van der Waals surface area contributed by atoms with Crippen LogP contribution in [0.25, 0.3) is 11.0 Å². The Labute approximate surface area is 172 Å². The number of carboxylic acid groups (broad SMARTS) is 1. The molecule has 0 radical (unpaired) electrons. The van der Waals surface area contributed by atoms with Gasteiger partial charge in [0, 0.05) is 13.1 Å². The first-order valence-corrected chi connectivity index (χ1v) is 9.65. The Morgan fingerprint density at radius 1 is 1.30 bits per heavy atom. The van der Waals surface area contributed by atoms with Crippen LogP contribution in [-0.4, -0.2) is 69.5 Å². The second-order valence-corrected chi connectivity index (χ2v) is 7.14. The summed E-state index contributed by atoms with van der Waals surface area (Å²) in [6, 6.07) is 6.32. The molecule has 1 aliphatic heterocycles. The van der Waals surface area contributed by atoms with Crippen LogP contribution in [0.3, 0.4) is 0 Å². The van der Waals surface area contributed by atoms with Gasteiger partial charge >= 0.3 is 12.0 Å². The summed E-state index contributed by atoms with van der Waals surface area (Å²) in [5.41, 5.74) is 1.77. The number of imidazole rings is 1. The van der Waals surface area contributed by atoms with E-state index in [4.69, 9.17) is 5.11 Å². The van der Waals surface area contributed by atoms with Crippen LogP contribution in [0.2, 0.25) is 0 Å². The molecule has 30 heavy (non-hydrogen) atoms. The number of carbonyl (C=O) groups is 4. The largest absolute Gasteiger partial charge is 0.481 e. The van der Waals surface area contributed by atoms with E-state index < -0.39 is 42.3 Å². The van der Waals surface area contributed by atoms with Crippen LogP contribution in [0.1, 0.15) is 19.8 Å². The van der Waals surface area contributed by atoms with Gasteiger partial charge < -0.3 is 26.0 Å². The molecule has 0 aliphatic carbocycles. The average Bonchev–Trinajstić information content (AvgIpc) is 3.24. The van der Waals surface area contributed by atoms with Crippen molar-refractivity contribution >= 4 is 40.8 Å². The standard InChI is InChI=1S/C19H24N6O5/c1-11(17(28)29)9-21-15(26)10-25-16(27)14(24-19(25)30)7-4-8-20-18-22-12-5-2-3-6-13(12)23-18/h2-3,5-6,11,14H,4,7-10H2,1H3,(H,21,26)(H,24,30)(H,28,29)(H2,20,22,23)/t11-,14-/m0/s1. The maximum absolute atomic E-state index is 12.4. The molecule has 11 heteroatoms. The van der Waals surface area contributed by atoms with Crippen LogP contribution < -0.4 is 16.0 Å². The zero-order valence-electron chi connectivity index (χ0n) is 16.5. The van der Waals surface area contributed by atoms with Gasteiger partial charge in [-0.15, -0.1) is 0 Å². The molecule has 1 fully saturated rings. The van der Waals surface area contributed by atoms with E-state index in [-0.39, 0.29) is 6.54 Å². The monoisotopic (exact) mass is 416 g/mol. The van der Waals surface area contributed by atoms with E-state index in [9.17, 15) is 19.2 Å². The Kier molecular flexibility index (Phi) is 6.50. The SMILES string of the molecule is C[C@@H](CNC(=O)CN1C(=O)N[C@@H](CCCNc2nc3ccccc3[nH]2)C1=O)C(=O)O. The lowest BCUT2D eigenvalue weighted by atomic mass is 10.1. The highest BCUT2D eigenvalue weighted by molar-refractivity contribution is 6.06. The van der Waals surface area contributed by atoms with E-state index in [1.54, 1.807) is 0 Å². The van der Waals surface area contributed by atoms with Gasteiger partial charge in [-0.2, -0.15) is 0 Å². The van der Waals surface area contributed by atoms with Crippen molar-refractivity contribution < 1.29 is 24.3 Å². The Bertz CT molecular complexity index is 925. The highest BCUT2D eigenvalue weighted by Gasteiger charge is 2.38. The highest BCUT2D eigenvalue weighted by atomic mass is 16.4. The fourth-order valence-corrected chi connectivity index (χ4v) is 3.03. The highest BCUT2D eigenvalue weighted by Crippen LogP contribution is 2.14. The second kappa shape index (κ2) is 9.25. The number of anilines is 1. The zero-order valence-corrected chi connectivity index (χ0v) is 16.5. The minimum Gasteiger partial charge on any atom is -0.481 e. The molecule has 0 spiro atoms. The van der Waals surface area contributed by atoms with Crippen LogP contribution in [0.15, 0.2) is 24.3 Å². The first-order valence-electron chi connectivity index (χ1n) is 9.65. The number of fused-ring (bicyclic) bond motifs is 1. The molecule has 160 valence electrons. The number of para-hydroxylation sites is 2. The number of amides is 4. The third-order valence-corrected chi connectivity index (χ3v) is 4.79. The second-order valence-electron chi connectivity index (χ2n) is 7.14. The van der Waals surface area contributed by atoms with E-state index in [1.165, 1.54) is 6.92 Å². The molecule has 0 saturated carbocycles. The number of nitrogens with zero attached hydrogens (tertiary/aromatic N) is 2. The number of hydrogen-bond acceptors (Lipinski definition) is 6. The number of hydrogen-bond donors (Lipinski definition) is 5. The van der Waals surface area contributed by atoms with Gasteiger partial charge in [0.05, 0.1) is 17.0 Å². The molecule has 1 aromatic carbocycles. The zero-order chi connectivity index (χ0) is 21.7. The average molecular weight is 416 g/mol. The van der Waals surface area contributed by atoms with Crippen molar-refractivity contribution in [1.29, 1.82) is 0 Å². The van der Waals surface area contributed by atoms with Crippen molar-refractivity contribution in [1.82, 2.24) is 25.5 Å². The van der Waals surface area contributed by atoms with Gasteiger partial charge in [0.2, 0.25) is 11.9 Å². The minimum atomic E-state index is -1.04. The Hall–Kier alpha value is -3.63. The number of aliphatic carboxylic acids is 1. The molecule has 1 saturated heterocycles. The van der Waals surface area contributed by atoms with Crippen LogP contribution in [0, 0.1) is 5.92 Å². The number of carbonyl (C=O) groups excluding carboxylic acids is 3. The number of aromatic amines is 1. The van der Waals surface area contributed by atoms with Crippen molar-refractivity contribution in [3.05, 3.63) is 24.3 Å².